The third-order valence-corrected chi connectivity index (χ3v) is 10.7. The van der Waals surface area contributed by atoms with Crippen LogP contribution in [-0.4, -0.2) is 95.0 Å². The molecule has 0 saturated heterocycles. The first-order chi connectivity index (χ1) is 30.8. The Kier molecular flexibility index (Phi) is 41.0. The lowest BCUT2D eigenvalue weighted by Crippen LogP contribution is -2.25. The lowest BCUT2D eigenvalue weighted by atomic mass is 10.1. The molecule has 15 nitrogen and oxygen atoms in total. The van der Waals surface area contributed by atoms with Crippen molar-refractivity contribution in [2.24, 2.45) is 0 Å². The van der Waals surface area contributed by atoms with Gasteiger partial charge in [0.25, 0.3) is 0 Å². The van der Waals surface area contributed by atoms with Gasteiger partial charge in [0.15, 0.2) is 0 Å². The number of rotatable bonds is 43. The first-order valence-electron chi connectivity index (χ1n) is 22.9. The maximum atomic E-state index is 12.1. The van der Waals surface area contributed by atoms with Gasteiger partial charge in [-0.15, -0.1) is 0 Å². The standard InChI is InChI=1S/C47H80O15P2/c1-3-5-7-9-11-13-15-17-18-19-20-21-22-24-26-28-30-32-34-36-47(52)58-38-44(49)40-60-64(55,56)62-42-45(50)41-61-63(53,54)59-39-43(48)37-57-46(51)35-33-31-29-27-25-23-16-14-12-10-8-6-4-2/h5,7,11,13,17-18,20-21,23-26,29,31,43-45,48-50H,3-4,6,8-10,12,14-16,19,22,27-28,30,32-42H2,1-2H3,(H,53,54)(H,55,56)/b7-5-,13-11-,18-17-,21-20-,25-23-,26-24-,31-29+. The highest BCUT2D eigenvalue weighted by Gasteiger charge is 2.28. The molecule has 0 rings (SSSR count). The zero-order valence-electron chi connectivity index (χ0n) is 38.4. The summed E-state index contributed by atoms with van der Waals surface area (Å²) in [6.45, 7) is 0.154. The molecule has 0 aromatic heterocycles. The van der Waals surface area contributed by atoms with Crippen LogP contribution in [0.1, 0.15) is 142 Å². The van der Waals surface area contributed by atoms with E-state index in [1.807, 2.05) is 12.2 Å². The molecule has 5 atom stereocenters. The van der Waals surface area contributed by atoms with E-state index in [9.17, 15) is 43.8 Å². The van der Waals surface area contributed by atoms with E-state index in [0.717, 1.165) is 64.2 Å². The van der Waals surface area contributed by atoms with Crippen molar-refractivity contribution in [2.75, 3.05) is 39.6 Å². The molecule has 0 fully saturated rings. The molecule has 5 unspecified atom stereocenters. The topological polar surface area (TPSA) is 225 Å². The van der Waals surface area contributed by atoms with Crippen LogP contribution >= 0.6 is 15.6 Å². The van der Waals surface area contributed by atoms with Gasteiger partial charge in [-0.05, 0) is 77.0 Å². The van der Waals surface area contributed by atoms with Crippen molar-refractivity contribution in [3.63, 3.8) is 0 Å². The summed E-state index contributed by atoms with van der Waals surface area (Å²) in [4.78, 5) is 43.6. The van der Waals surface area contributed by atoms with Gasteiger partial charge in [-0.1, -0.05) is 137 Å². The molecule has 0 heterocycles. The monoisotopic (exact) mass is 946 g/mol. The number of aliphatic hydroxyl groups is 3. The minimum atomic E-state index is -4.80. The molecule has 17 heteroatoms. The van der Waals surface area contributed by atoms with Crippen LogP contribution in [-0.2, 0) is 46.3 Å². The van der Waals surface area contributed by atoms with Gasteiger partial charge in [-0.25, -0.2) is 9.13 Å². The fraction of sp³-hybridized carbons (Fsp3) is 0.660. The molecule has 0 bridgehead atoms. The van der Waals surface area contributed by atoms with E-state index in [1.54, 1.807) is 0 Å². The molecule has 368 valence electrons. The second-order valence-corrected chi connectivity index (χ2v) is 17.9. The lowest BCUT2D eigenvalue weighted by Gasteiger charge is -2.19. The molecular weight excluding hydrogens is 866 g/mol. The van der Waals surface area contributed by atoms with E-state index in [2.05, 4.69) is 105 Å². The van der Waals surface area contributed by atoms with E-state index in [0.29, 0.717) is 12.8 Å². The number of aliphatic hydroxyl groups excluding tert-OH is 3. The van der Waals surface area contributed by atoms with Gasteiger partial charge < -0.3 is 34.6 Å². The van der Waals surface area contributed by atoms with Gasteiger partial charge in [0.05, 0.1) is 26.4 Å². The fourth-order valence-corrected chi connectivity index (χ4v) is 6.88. The number of hydrogen-bond donors (Lipinski definition) is 5. The molecule has 5 N–H and O–H groups in total. The van der Waals surface area contributed by atoms with Crippen LogP contribution in [0.3, 0.4) is 0 Å². The summed E-state index contributed by atoms with van der Waals surface area (Å²) in [6, 6.07) is 0. The average molecular weight is 947 g/mol. The van der Waals surface area contributed by atoms with Crippen LogP contribution < -0.4 is 0 Å². The molecule has 0 saturated carbocycles. The van der Waals surface area contributed by atoms with Crippen LogP contribution in [0, 0.1) is 0 Å². The minimum absolute atomic E-state index is 0.0869. The van der Waals surface area contributed by atoms with Crippen LogP contribution in [0.4, 0.5) is 0 Å². The number of phosphoric acid groups is 2. The number of phosphoric ester groups is 2. The van der Waals surface area contributed by atoms with Gasteiger partial charge >= 0.3 is 27.6 Å². The zero-order valence-corrected chi connectivity index (χ0v) is 40.2. The van der Waals surface area contributed by atoms with Crippen molar-refractivity contribution in [1.82, 2.24) is 0 Å². The second-order valence-electron chi connectivity index (χ2n) is 15.0. The molecule has 0 spiro atoms. The molecule has 0 aliphatic heterocycles. The van der Waals surface area contributed by atoms with Gasteiger partial charge in [0.2, 0.25) is 0 Å². The van der Waals surface area contributed by atoms with E-state index in [4.69, 9.17) is 9.47 Å². The number of allylic oxidation sites excluding steroid dienone is 14. The van der Waals surface area contributed by atoms with Gasteiger partial charge in [0.1, 0.15) is 31.5 Å². The Bertz CT molecular complexity index is 1470. The van der Waals surface area contributed by atoms with Crippen LogP contribution in [0.15, 0.2) is 85.1 Å². The third-order valence-electron chi connectivity index (χ3n) is 8.85. The number of ether oxygens (including phenoxy) is 2. The second kappa shape index (κ2) is 42.8. The van der Waals surface area contributed by atoms with Crippen LogP contribution in [0.25, 0.3) is 0 Å². The van der Waals surface area contributed by atoms with Crippen molar-refractivity contribution in [2.45, 2.75) is 161 Å². The Balaban J connectivity index is 4.00. The molecule has 0 amide bonds. The van der Waals surface area contributed by atoms with Gasteiger partial charge in [-0.2, -0.15) is 0 Å². The highest BCUT2D eigenvalue weighted by molar-refractivity contribution is 7.47. The molecule has 0 aliphatic carbocycles. The van der Waals surface area contributed by atoms with E-state index in [-0.39, 0.29) is 12.8 Å². The maximum absolute atomic E-state index is 12.1. The van der Waals surface area contributed by atoms with Crippen molar-refractivity contribution < 1.29 is 71.4 Å². The predicted molar refractivity (Wildman–Crippen MR) is 251 cm³/mol. The summed E-state index contributed by atoms with van der Waals surface area (Å²) in [7, 11) is -9.60. The van der Waals surface area contributed by atoms with Crippen molar-refractivity contribution in [1.29, 1.82) is 0 Å². The van der Waals surface area contributed by atoms with Crippen molar-refractivity contribution in [3.05, 3.63) is 85.1 Å². The first-order valence-corrected chi connectivity index (χ1v) is 25.9. The molecule has 0 aromatic rings. The normalized spacial score (nSPS) is 15.9. The van der Waals surface area contributed by atoms with E-state index in [1.165, 1.54) is 38.5 Å². The molecule has 64 heavy (non-hydrogen) atoms. The Labute approximate surface area is 383 Å². The Morgan fingerprint density at radius 1 is 0.422 bits per heavy atom. The molecular formula is C47H80O15P2. The summed E-state index contributed by atoms with van der Waals surface area (Å²) >= 11 is 0. The Hall–Kier alpha value is -2.78. The Morgan fingerprint density at radius 3 is 1.17 bits per heavy atom. The SMILES string of the molecule is CC/C=C\C/C=C\C/C=C\C/C=C\C/C=C\CCCCCC(=O)OCC(O)COP(=O)(O)OCC(O)COP(=O)(O)OCC(O)COC(=O)CC/C=C/C/C=C\CCCCCCCC. The zero-order chi connectivity index (χ0) is 47.4. The number of esters is 2. The predicted octanol–water partition coefficient (Wildman–Crippen LogP) is 10.2. The number of hydrogen-bond acceptors (Lipinski definition) is 13. The van der Waals surface area contributed by atoms with Gasteiger partial charge in [0, 0.05) is 12.8 Å². The summed E-state index contributed by atoms with van der Waals surface area (Å²) in [6.07, 6.45) is 43.1. The maximum Gasteiger partial charge on any atom is 0.472 e. The average Bonchev–Trinajstić information content (AvgIpc) is 3.27. The van der Waals surface area contributed by atoms with E-state index < -0.39 is 85.5 Å². The minimum Gasteiger partial charge on any atom is -0.463 e. The van der Waals surface area contributed by atoms with Crippen molar-refractivity contribution in [3.8, 4) is 0 Å². The highest BCUT2D eigenvalue weighted by Crippen LogP contribution is 2.45. The third kappa shape index (κ3) is 44.4. The molecule has 0 aliphatic rings. The molecule has 0 aromatic carbocycles. The highest BCUT2D eigenvalue weighted by atomic mass is 31.2. The van der Waals surface area contributed by atoms with Crippen LogP contribution in [0.2, 0.25) is 0 Å². The van der Waals surface area contributed by atoms with E-state index >= 15 is 0 Å². The lowest BCUT2D eigenvalue weighted by molar-refractivity contribution is -0.148. The molecule has 0 radical (unpaired) electrons. The van der Waals surface area contributed by atoms with Crippen molar-refractivity contribution >= 4 is 27.6 Å². The largest absolute Gasteiger partial charge is 0.472 e. The van der Waals surface area contributed by atoms with Crippen LogP contribution in [0.5, 0.6) is 0 Å². The summed E-state index contributed by atoms with van der Waals surface area (Å²) in [5.41, 5.74) is 0. The van der Waals surface area contributed by atoms with Gasteiger partial charge in [-0.3, -0.25) is 27.7 Å². The number of carbonyl (C=O) groups is 2. The summed E-state index contributed by atoms with van der Waals surface area (Å²) < 4.78 is 52.8. The summed E-state index contributed by atoms with van der Waals surface area (Å²) in [5.74, 6) is -1.10. The number of unbranched alkanes of at least 4 members (excludes halogenated alkanes) is 9. The first kappa shape index (κ1) is 61.2. The fourth-order valence-electron chi connectivity index (χ4n) is 5.29. The smallest absolute Gasteiger partial charge is 0.463 e. The Morgan fingerprint density at radius 2 is 0.750 bits per heavy atom. The quantitative estimate of drug-likeness (QED) is 0.0166. The number of carbonyl (C=O) groups excluding carboxylic acids is 2. The summed E-state index contributed by atoms with van der Waals surface area (Å²) in [5, 5.41) is 30.0.